The molecule has 0 radical (unpaired) electrons. The summed E-state index contributed by atoms with van der Waals surface area (Å²) in [6.07, 6.45) is 3.79. The molecule has 7 rings (SSSR count). The summed E-state index contributed by atoms with van der Waals surface area (Å²) in [6, 6.07) is 19.8. The van der Waals surface area contributed by atoms with Crippen LogP contribution in [0.5, 0.6) is 0 Å². The number of carbonyl (C=O) groups excluding carboxylic acids is 2. The number of carbonyl (C=O) groups is 2. The smallest absolute Gasteiger partial charge is 0.315 e. The number of aryl methyl sites for hydroxylation is 1. The molecule has 17 heteroatoms. The number of allylic oxidation sites excluding steroid dienone is 3. The number of aromatic nitrogens is 4. The number of hydrogen-bond donors (Lipinski definition) is 3. The van der Waals surface area contributed by atoms with Gasteiger partial charge in [0, 0.05) is 59.1 Å². The van der Waals surface area contributed by atoms with Gasteiger partial charge in [-0.15, -0.1) is 0 Å². The van der Waals surface area contributed by atoms with Crippen LogP contribution in [-0.2, 0) is 21.3 Å². The summed E-state index contributed by atoms with van der Waals surface area (Å²) in [5.74, 6) is -1.27. The fourth-order valence-corrected chi connectivity index (χ4v) is 7.95. The van der Waals surface area contributed by atoms with Crippen LogP contribution in [0.2, 0.25) is 0 Å². The number of ketones is 2. The lowest BCUT2D eigenvalue weighted by Crippen LogP contribution is -2.29. The van der Waals surface area contributed by atoms with Crippen molar-refractivity contribution in [3.05, 3.63) is 155 Å². The molecular weight excluding hydrogens is 798 g/mol. The Hall–Kier alpha value is -6.79. The number of rotatable bonds is 14. The summed E-state index contributed by atoms with van der Waals surface area (Å²) in [5, 5.41) is 6.70. The zero-order valence-electron chi connectivity index (χ0n) is 31.7. The Labute approximate surface area is 341 Å². The number of nitrogens with zero attached hydrogens (tertiary/aromatic N) is 5. The van der Waals surface area contributed by atoms with Crippen LogP contribution in [0, 0.1) is 6.08 Å². The number of fused-ring (bicyclic) bond motifs is 2. The minimum Gasteiger partial charge on any atom is -0.355 e. The van der Waals surface area contributed by atoms with E-state index in [1.807, 2.05) is 6.92 Å². The van der Waals surface area contributed by atoms with E-state index in [-0.39, 0.29) is 45.5 Å². The molecule has 14 nitrogen and oxygen atoms in total. The van der Waals surface area contributed by atoms with Crippen LogP contribution in [0.1, 0.15) is 38.8 Å². The molecule has 2 heterocycles. The van der Waals surface area contributed by atoms with E-state index in [9.17, 15) is 31.7 Å². The van der Waals surface area contributed by atoms with Crippen molar-refractivity contribution < 1.29 is 31.1 Å². The minimum absolute atomic E-state index is 0.0222. The molecule has 59 heavy (non-hydrogen) atoms. The molecule has 0 spiro atoms. The highest BCUT2D eigenvalue weighted by Gasteiger charge is 2.34. The average Bonchev–Trinajstić information content (AvgIpc) is 3.21. The fourth-order valence-electron chi connectivity index (χ4n) is 6.92. The lowest BCUT2D eigenvalue weighted by molar-refractivity contribution is 0.102. The van der Waals surface area contributed by atoms with Crippen molar-refractivity contribution in [1.29, 1.82) is 0 Å². The zero-order chi connectivity index (χ0) is 42.2. The van der Waals surface area contributed by atoms with Crippen LogP contribution in [0.4, 0.5) is 33.3 Å². The van der Waals surface area contributed by atoms with Crippen molar-refractivity contribution in [3.63, 3.8) is 0 Å². The highest BCUT2D eigenvalue weighted by Crippen LogP contribution is 2.44. The monoisotopic (exact) mass is 831 g/mol. The Morgan fingerprint density at radius 3 is 2.42 bits per heavy atom. The van der Waals surface area contributed by atoms with Gasteiger partial charge in [-0.25, -0.2) is 0 Å². The first-order valence-electron chi connectivity index (χ1n) is 17.8. The number of benzene rings is 4. The normalized spacial score (nSPS) is 12.2. The van der Waals surface area contributed by atoms with Crippen molar-refractivity contribution >= 4 is 73.6 Å². The first kappa shape index (κ1) is 40.4. The van der Waals surface area contributed by atoms with Gasteiger partial charge in [-0.3, -0.25) is 18.9 Å². The average molecular weight is 832 g/mol. The van der Waals surface area contributed by atoms with Crippen LogP contribution in [-0.4, -0.2) is 57.7 Å². The van der Waals surface area contributed by atoms with E-state index in [1.165, 1.54) is 30.9 Å². The van der Waals surface area contributed by atoms with Gasteiger partial charge in [0.1, 0.15) is 0 Å². The van der Waals surface area contributed by atoms with Crippen LogP contribution >= 0.6 is 12.0 Å². The van der Waals surface area contributed by atoms with Gasteiger partial charge in [-0.1, -0.05) is 55.6 Å². The highest BCUT2D eigenvalue weighted by molar-refractivity contribution is 7.94. The van der Waals surface area contributed by atoms with Gasteiger partial charge in [0.05, 0.1) is 44.9 Å². The van der Waals surface area contributed by atoms with Crippen LogP contribution in [0.25, 0.3) is 22.0 Å². The molecule has 4 aromatic carbocycles. The number of hydrogen-bond acceptors (Lipinski definition) is 13. The summed E-state index contributed by atoms with van der Waals surface area (Å²) >= 11 is 1.03. The Morgan fingerprint density at radius 2 is 1.73 bits per heavy atom. The first-order valence-corrected chi connectivity index (χ1v) is 20.0. The number of nitrogens with one attached hydrogen (secondary N) is 2. The van der Waals surface area contributed by atoms with Gasteiger partial charge in [-0.05, 0) is 67.1 Å². The molecule has 0 saturated carbocycles. The molecule has 0 aliphatic heterocycles. The highest BCUT2D eigenvalue weighted by atomic mass is 32.2. The molecule has 1 aliphatic rings. The lowest BCUT2D eigenvalue weighted by atomic mass is 9.80. The van der Waals surface area contributed by atoms with Crippen molar-refractivity contribution in [2.45, 2.75) is 16.7 Å². The van der Waals surface area contributed by atoms with Crippen molar-refractivity contribution in [1.82, 2.24) is 19.5 Å². The van der Waals surface area contributed by atoms with E-state index in [4.69, 9.17) is 4.18 Å². The Morgan fingerprint density at radius 1 is 0.966 bits per heavy atom. The van der Waals surface area contributed by atoms with E-state index in [2.05, 4.69) is 38.7 Å². The van der Waals surface area contributed by atoms with E-state index in [0.717, 1.165) is 24.2 Å². The minimum atomic E-state index is -4.68. The molecule has 6 aromatic rings. The molecule has 0 saturated heterocycles. The largest absolute Gasteiger partial charge is 0.355 e. The van der Waals surface area contributed by atoms with Gasteiger partial charge in [0.2, 0.25) is 11.9 Å². The number of likely N-dealkylation sites (N-methyl/N-ethyl adjacent to an activating group) is 1. The second kappa shape index (κ2) is 16.2. The molecule has 0 bridgehead atoms. The van der Waals surface area contributed by atoms with E-state index >= 15 is 0 Å². The van der Waals surface area contributed by atoms with E-state index < -0.39 is 32.4 Å². The third kappa shape index (κ3) is 7.54. The summed E-state index contributed by atoms with van der Waals surface area (Å²) in [6.45, 7) is 9.76. The van der Waals surface area contributed by atoms with Gasteiger partial charge in [0.25, 0.3) is 15.7 Å². The molecule has 2 aromatic heterocycles. The summed E-state index contributed by atoms with van der Waals surface area (Å²) in [5.41, 5.74) is 1.98. The van der Waals surface area contributed by atoms with Gasteiger partial charge >= 0.3 is 6.08 Å². The SMILES string of the molecule is C=C/C=C(\C=C)N(CC)c1nc(F)nc(Nc2cc(Nc3ccc4c5c3C(=O)c3ccccc3-c5c(C(=O)c3cccc(S(=O)(=O)O)c3)c(=O)n4C)ccc2SOC)n1. The first-order chi connectivity index (χ1) is 28.3. The maximum absolute atomic E-state index is 14.9. The molecule has 0 fully saturated rings. The predicted octanol–water partition coefficient (Wildman–Crippen LogP) is 7.77. The Bertz CT molecular complexity index is 2970. The van der Waals surface area contributed by atoms with Crippen LogP contribution in [0.15, 0.2) is 131 Å². The summed E-state index contributed by atoms with van der Waals surface area (Å²) in [4.78, 5) is 56.8. The number of halogens is 1. The van der Waals surface area contributed by atoms with Gasteiger partial charge < -0.3 is 24.3 Å². The van der Waals surface area contributed by atoms with Crippen LogP contribution < -0.4 is 21.1 Å². The fraction of sp³-hybridized carbons (Fsp3) is 0.0952. The van der Waals surface area contributed by atoms with Crippen LogP contribution in [0.3, 0.4) is 0 Å². The quantitative estimate of drug-likeness (QED) is 0.0418. The van der Waals surface area contributed by atoms with E-state index in [1.54, 1.807) is 77.7 Å². The summed E-state index contributed by atoms with van der Waals surface area (Å²) in [7, 11) is -1.71. The zero-order valence-corrected chi connectivity index (χ0v) is 33.3. The predicted molar refractivity (Wildman–Crippen MR) is 225 cm³/mol. The van der Waals surface area contributed by atoms with Crippen molar-refractivity contribution in [2.24, 2.45) is 7.05 Å². The number of pyridine rings is 1. The number of anilines is 5. The maximum Gasteiger partial charge on any atom is 0.315 e. The molecule has 1 aliphatic carbocycles. The van der Waals surface area contributed by atoms with E-state index in [0.29, 0.717) is 50.7 Å². The molecular formula is C42H34FN7O7S2. The second-order valence-corrected chi connectivity index (χ2v) is 15.3. The maximum atomic E-state index is 14.9. The molecule has 0 atom stereocenters. The standard InChI is InChI=1S/C42H34FN7O7S2/c1-6-12-25(7-2)50(8-3)42-47-40(43)46-41(48-42)45-30-22-24(17-20-32(30)58-57-5)44-29-18-19-31-35-33(27-15-9-10-16-28(27)38(52)34(29)35)36(39(53)49(31)4)37(51)23-13-11-14-26(21-23)59(54,55)56/h6-7,9-22,44H,1-2,8H2,3-5H3,(H,54,55,56)(H,45,46,47,48)/b25-12+. The molecule has 298 valence electrons. The Kier molecular flexibility index (Phi) is 11.1. The topological polar surface area (TPSA) is 186 Å². The molecule has 3 N–H and O–H groups in total. The third-order valence-corrected chi connectivity index (χ3v) is 11.0. The summed E-state index contributed by atoms with van der Waals surface area (Å²) < 4.78 is 55.2. The lowest BCUT2D eigenvalue weighted by Gasteiger charge is -2.25. The third-order valence-electron chi connectivity index (χ3n) is 9.49. The van der Waals surface area contributed by atoms with Gasteiger partial charge in [0.15, 0.2) is 11.6 Å². The Balaban J connectivity index is 1.37. The molecule has 0 amide bonds. The van der Waals surface area contributed by atoms with Crippen molar-refractivity contribution in [3.8, 4) is 11.1 Å². The molecule has 0 unspecified atom stereocenters. The second-order valence-electron chi connectivity index (χ2n) is 12.9. The van der Waals surface area contributed by atoms with Crippen molar-refractivity contribution in [2.75, 3.05) is 29.2 Å². The van der Waals surface area contributed by atoms with Gasteiger partial charge in [-0.2, -0.15) is 27.8 Å².